The van der Waals surface area contributed by atoms with E-state index in [-0.39, 0.29) is 5.56 Å². The van der Waals surface area contributed by atoms with Gasteiger partial charge in [-0.25, -0.2) is 0 Å². The zero-order valence-corrected chi connectivity index (χ0v) is 11.0. The lowest BCUT2D eigenvalue weighted by molar-refractivity contribution is 0.757. The number of hydrogen-bond acceptors (Lipinski definition) is 1. The second kappa shape index (κ2) is 5.67. The predicted octanol–water partition coefficient (Wildman–Crippen LogP) is 3.83. The van der Waals surface area contributed by atoms with Crippen molar-refractivity contribution in [1.82, 2.24) is 4.57 Å². The molecule has 0 radical (unpaired) electrons. The van der Waals surface area contributed by atoms with Gasteiger partial charge in [0.2, 0.25) is 0 Å². The summed E-state index contributed by atoms with van der Waals surface area (Å²) >= 11 is 0. The van der Waals surface area contributed by atoms with Gasteiger partial charge in [-0.15, -0.1) is 0 Å². The fraction of sp³-hybridized carbons (Fsp3) is 0.312. The maximum atomic E-state index is 12.4. The molecule has 0 amide bonds. The van der Waals surface area contributed by atoms with E-state index in [0.717, 1.165) is 35.7 Å². The molecule has 0 N–H and O–H groups in total. The van der Waals surface area contributed by atoms with Crippen LogP contribution in [0, 0.1) is 0 Å². The SMILES string of the molecule is CC=Cn1c(CCCC)cc2ccccc2c1=O. The second-order valence-electron chi connectivity index (χ2n) is 4.48. The first-order chi connectivity index (χ1) is 8.77. The van der Waals surface area contributed by atoms with Gasteiger partial charge in [0.15, 0.2) is 0 Å². The van der Waals surface area contributed by atoms with Gasteiger partial charge < -0.3 is 0 Å². The van der Waals surface area contributed by atoms with Gasteiger partial charge in [-0.05, 0) is 37.3 Å². The molecule has 18 heavy (non-hydrogen) atoms. The van der Waals surface area contributed by atoms with E-state index in [4.69, 9.17) is 0 Å². The summed E-state index contributed by atoms with van der Waals surface area (Å²) in [6.45, 7) is 4.10. The quantitative estimate of drug-likeness (QED) is 0.797. The molecule has 2 aromatic rings. The van der Waals surface area contributed by atoms with Crippen molar-refractivity contribution in [2.45, 2.75) is 33.1 Å². The van der Waals surface area contributed by atoms with Crippen LogP contribution in [0.2, 0.25) is 0 Å². The Bertz CT molecular complexity index is 623. The minimum atomic E-state index is 0.0808. The molecular weight excluding hydrogens is 222 g/mol. The molecule has 94 valence electrons. The Labute approximate surface area is 108 Å². The standard InChI is InChI=1S/C16H19NO/c1-3-5-9-14-12-13-8-6-7-10-15(13)16(18)17(14)11-4-2/h4,6-8,10-12H,3,5,9H2,1-2H3. The first kappa shape index (κ1) is 12.6. The van der Waals surface area contributed by atoms with Crippen LogP contribution in [0.3, 0.4) is 0 Å². The fourth-order valence-electron chi connectivity index (χ4n) is 2.19. The molecule has 0 aliphatic carbocycles. The molecule has 0 aliphatic rings. The first-order valence-corrected chi connectivity index (χ1v) is 6.54. The number of aryl methyl sites for hydroxylation is 1. The Morgan fingerprint density at radius 2 is 2.06 bits per heavy atom. The molecule has 0 unspecified atom stereocenters. The molecule has 1 aromatic carbocycles. The third kappa shape index (κ3) is 2.37. The van der Waals surface area contributed by atoms with Gasteiger partial charge in [0.1, 0.15) is 0 Å². The van der Waals surface area contributed by atoms with Gasteiger partial charge in [0, 0.05) is 17.3 Å². The van der Waals surface area contributed by atoms with Gasteiger partial charge in [-0.3, -0.25) is 9.36 Å². The predicted molar refractivity (Wildman–Crippen MR) is 77.8 cm³/mol. The van der Waals surface area contributed by atoms with Crippen molar-refractivity contribution in [3.05, 3.63) is 52.5 Å². The molecule has 2 rings (SSSR count). The third-order valence-electron chi connectivity index (χ3n) is 3.13. The zero-order chi connectivity index (χ0) is 13.0. The van der Waals surface area contributed by atoms with Crippen LogP contribution < -0.4 is 5.56 Å². The number of rotatable bonds is 4. The van der Waals surface area contributed by atoms with Crippen LogP contribution in [0.4, 0.5) is 0 Å². The third-order valence-corrected chi connectivity index (χ3v) is 3.13. The lowest BCUT2D eigenvalue weighted by Gasteiger charge is -2.10. The lowest BCUT2D eigenvalue weighted by atomic mass is 10.1. The molecule has 1 heterocycles. The normalized spacial score (nSPS) is 11.4. The summed E-state index contributed by atoms with van der Waals surface area (Å²) in [7, 11) is 0. The number of pyridine rings is 1. The van der Waals surface area contributed by atoms with E-state index in [1.54, 1.807) is 4.57 Å². The Hall–Kier alpha value is -1.83. The van der Waals surface area contributed by atoms with E-state index in [2.05, 4.69) is 13.0 Å². The van der Waals surface area contributed by atoms with Gasteiger partial charge in [0.05, 0.1) is 0 Å². The maximum Gasteiger partial charge on any atom is 0.262 e. The molecule has 0 spiro atoms. The van der Waals surface area contributed by atoms with Crippen molar-refractivity contribution < 1.29 is 0 Å². The largest absolute Gasteiger partial charge is 0.288 e. The Morgan fingerprint density at radius 3 is 2.78 bits per heavy atom. The van der Waals surface area contributed by atoms with Gasteiger partial charge in [-0.1, -0.05) is 37.6 Å². The molecule has 2 nitrogen and oxygen atoms in total. The van der Waals surface area contributed by atoms with E-state index in [9.17, 15) is 4.79 Å². The van der Waals surface area contributed by atoms with Crippen molar-refractivity contribution in [2.24, 2.45) is 0 Å². The first-order valence-electron chi connectivity index (χ1n) is 6.54. The second-order valence-corrected chi connectivity index (χ2v) is 4.48. The lowest BCUT2D eigenvalue weighted by Crippen LogP contribution is -2.19. The van der Waals surface area contributed by atoms with Crippen molar-refractivity contribution >= 4 is 17.0 Å². The Kier molecular flexibility index (Phi) is 3.98. The molecule has 0 bridgehead atoms. The van der Waals surface area contributed by atoms with E-state index in [0.29, 0.717) is 0 Å². The summed E-state index contributed by atoms with van der Waals surface area (Å²) < 4.78 is 1.78. The number of nitrogens with zero attached hydrogens (tertiary/aromatic N) is 1. The molecule has 0 atom stereocenters. The topological polar surface area (TPSA) is 22.0 Å². The summed E-state index contributed by atoms with van der Waals surface area (Å²) in [5.41, 5.74) is 1.18. The summed E-state index contributed by atoms with van der Waals surface area (Å²) in [5.74, 6) is 0. The number of benzene rings is 1. The number of hydrogen-bond donors (Lipinski definition) is 0. The highest BCUT2D eigenvalue weighted by Crippen LogP contribution is 2.14. The van der Waals surface area contributed by atoms with E-state index < -0.39 is 0 Å². The van der Waals surface area contributed by atoms with Crippen molar-refractivity contribution in [2.75, 3.05) is 0 Å². The Morgan fingerprint density at radius 1 is 1.28 bits per heavy atom. The van der Waals surface area contributed by atoms with Crippen LogP contribution in [0.1, 0.15) is 32.4 Å². The van der Waals surface area contributed by atoms with Crippen molar-refractivity contribution in [1.29, 1.82) is 0 Å². The van der Waals surface area contributed by atoms with Gasteiger partial charge >= 0.3 is 0 Å². The van der Waals surface area contributed by atoms with Crippen LogP contribution in [0.15, 0.2) is 41.2 Å². The summed E-state index contributed by atoms with van der Waals surface area (Å²) in [6, 6.07) is 9.92. The fourth-order valence-corrected chi connectivity index (χ4v) is 2.19. The molecule has 0 aliphatic heterocycles. The average Bonchev–Trinajstić information content (AvgIpc) is 2.40. The number of fused-ring (bicyclic) bond motifs is 1. The highest BCUT2D eigenvalue weighted by molar-refractivity contribution is 5.82. The smallest absolute Gasteiger partial charge is 0.262 e. The Balaban J connectivity index is 2.67. The number of allylic oxidation sites excluding steroid dienone is 1. The molecule has 0 fully saturated rings. The average molecular weight is 241 g/mol. The van der Waals surface area contributed by atoms with Crippen molar-refractivity contribution in [3.8, 4) is 0 Å². The highest BCUT2D eigenvalue weighted by Gasteiger charge is 2.06. The monoisotopic (exact) mass is 241 g/mol. The molecule has 0 saturated carbocycles. The summed E-state index contributed by atoms with van der Waals surface area (Å²) in [6.07, 6.45) is 6.96. The van der Waals surface area contributed by atoms with E-state index in [1.807, 2.05) is 43.5 Å². The van der Waals surface area contributed by atoms with Gasteiger partial charge in [0.25, 0.3) is 5.56 Å². The number of aromatic nitrogens is 1. The van der Waals surface area contributed by atoms with E-state index in [1.165, 1.54) is 0 Å². The van der Waals surface area contributed by atoms with E-state index >= 15 is 0 Å². The number of unbranched alkanes of at least 4 members (excludes halogenated alkanes) is 1. The highest BCUT2D eigenvalue weighted by atomic mass is 16.1. The summed E-state index contributed by atoms with van der Waals surface area (Å²) in [5, 5.41) is 1.82. The van der Waals surface area contributed by atoms with Crippen LogP contribution >= 0.6 is 0 Å². The maximum absolute atomic E-state index is 12.4. The van der Waals surface area contributed by atoms with Crippen molar-refractivity contribution in [3.63, 3.8) is 0 Å². The molecular formula is C16H19NO. The minimum Gasteiger partial charge on any atom is -0.288 e. The molecule has 0 saturated heterocycles. The zero-order valence-electron chi connectivity index (χ0n) is 11.0. The van der Waals surface area contributed by atoms with Crippen LogP contribution in [-0.4, -0.2) is 4.57 Å². The van der Waals surface area contributed by atoms with Crippen LogP contribution in [0.5, 0.6) is 0 Å². The summed E-state index contributed by atoms with van der Waals surface area (Å²) in [4.78, 5) is 12.4. The van der Waals surface area contributed by atoms with Crippen LogP contribution in [0.25, 0.3) is 17.0 Å². The van der Waals surface area contributed by atoms with Crippen LogP contribution in [-0.2, 0) is 6.42 Å². The molecule has 1 aromatic heterocycles. The minimum absolute atomic E-state index is 0.0808. The molecule has 2 heteroatoms. The van der Waals surface area contributed by atoms with Gasteiger partial charge in [-0.2, -0.15) is 0 Å².